The van der Waals surface area contributed by atoms with Gasteiger partial charge in [0.05, 0.1) is 0 Å². The summed E-state index contributed by atoms with van der Waals surface area (Å²) >= 11 is 2.12. The molecule has 70 valence electrons. The van der Waals surface area contributed by atoms with E-state index in [1.165, 1.54) is 37.3 Å². The first-order valence-electron chi connectivity index (χ1n) is 5.17. The van der Waals surface area contributed by atoms with Crippen molar-refractivity contribution in [3.05, 3.63) is 0 Å². The van der Waals surface area contributed by atoms with Gasteiger partial charge in [0.1, 0.15) is 0 Å². The molecule has 0 radical (unpaired) electrons. The van der Waals surface area contributed by atoms with E-state index in [-0.39, 0.29) is 0 Å². The van der Waals surface area contributed by atoms with Gasteiger partial charge in [0.2, 0.25) is 0 Å². The Morgan fingerprint density at radius 3 is 2.83 bits per heavy atom. The quantitative estimate of drug-likeness (QED) is 0.720. The largest absolute Gasteiger partial charge is 0.314 e. The first kappa shape index (κ1) is 8.89. The van der Waals surface area contributed by atoms with E-state index in [1.54, 1.807) is 0 Å². The standard InChI is InChI=1S/C10H19NS/c1-8(10-2-3-10)11-6-9-4-5-12-7-9/h8-11H,2-7H2,1H3. The average Bonchev–Trinajstić information content (AvgIpc) is 2.80. The highest BCUT2D eigenvalue weighted by atomic mass is 32.2. The van der Waals surface area contributed by atoms with Crippen LogP contribution in [-0.4, -0.2) is 24.1 Å². The summed E-state index contributed by atoms with van der Waals surface area (Å²) in [5.74, 6) is 4.77. The fourth-order valence-corrected chi connectivity index (χ4v) is 3.14. The average molecular weight is 185 g/mol. The molecule has 1 saturated heterocycles. The van der Waals surface area contributed by atoms with E-state index in [4.69, 9.17) is 0 Å². The van der Waals surface area contributed by atoms with Crippen molar-refractivity contribution >= 4 is 11.8 Å². The maximum atomic E-state index is 3.67. The van der Waals surface area contributed by atoms with Gasteiger partial charge in [0.25, 0.3) is 0 Å². The Kier molecular flexibility index (Phi) is 2.97. The molecule has 0 aromatic heterocycles. The van der Waals surface area contributed by atoms with Crippen molar-refractivity contribution in [3.8, 4) is 0 Å². The summed E-state index contributed by atoms with van der Waals surface area (Å²) in [5.41, 5.74) is 0. The Hall–Kier alpha value is 0.310. The highest BCUT2D eigenvalue weighted by molar-refractivity contribution is 7.99. The maximum Gasteiger partial charge on any atom is 0.00671 e. The molecule has 0 aromatic rings. The molecule has 1 heterocycles. The van der Waals surface area contributed by atoms with Crippen molar-refractivity contribution in [3.63, 3.8) is 0 Å². The number of rotatable bonds is 4. The minimum atomic E-state index is 0.788. The van der Waals surface area contributed by atoms with Gasteiger partial charge in [-0.1, -0.05) is 0 Å². The van der Waals surface area contributed by atoms with Gasteiger partial charge in [-0.2, -0.15) is 11.8 Å². The molecule has 1 aliphatic carbocycles. The lowest BCUT2D eigenvalue weighted by Gasteiger charge is -2.15. The maximum absolute atomic E-state index is 3.67. The van der Waals surface area contributed by atoms with Crippen LogP contribution >= 0.6 is 11.8 Å². The molecular formula is C10H19NS. The van der Waals surface area contributed by atoms with Gasteiger partial charge < -0.3 is 5.32 Å². The number of hydrogen-bond acceptors (Lipinski definition) is 2. The van der Waals surface area contributed by atoms with E-state index in [1.807, 2.05) is 0 Å². The molecule has 2 heteroatoms. The fraction of sp³-hybridized carbons (Fsp3) is 1.00. The van der Waals surface area contributed by atoms with Gasteiger partial charge in [-0.05, 0) is 56.1 Å². The molecule has 1 aliphatic heterocycles. The van der Waals surface area contributed by atoms with E-state index in [9.17, 15) is 0 Å². The smallest absolute Gasteiger partial charge is 0.00671 e. The first-order valence-corrected chi connectivity index (χ1v) is 6.33. The molecule has 1 saturated carbocycles. The second-order valence-electron chi connectivity index (χ2n) is 4.26. The summed E-state index contributed by atoms with van der Waals surface area (Å²) in [5, 5.41) is 3.67. The summed E-state index contributed by atoms with van der Waals surface area (Å²) < 4.78 is 0. The van der Waals surface area contributed by atoms with Crippen molar-refractivity contribution < 1.29 is 0 Å². The predicted octanol–water partition coefficient (Wildman–Crippen LogP) is 2.13. The second-order valence-corrected chi connectivity index (χ2v) is 5.41. The Morgan fingerprint density at radius 1 is 1.42 bits per heavy atom. The Bertz CT molecular complexity index is 137. The molecule has 2 rings (SSSR count). The van der Waals surface area contributed by atoms with Gasteiger partial charge in [-0.15, -0.1) is 0 Å². The van der Waals surface area contributed by atoms with E-state index >= 15 is 0 Å². The van der Waals surface area contributed by atoms with Crippen LogP contribution in [0, 0.1) is 11.8 Å². The van der Waals surface area contributed by atoms with Crippen molar-refractivity contribution in [1.29, 1.82) is 0 Å². The SMILES string of the molecule is CC(NCC1CCSC1)C1CC1. The molecule has 2 unspecified atom stereocenters. The van der Waals surface area contributed by atoms with Crippen molar-refractivity contribution in [2.24, 2.45) is 11.8 Å². The molecule has 2 fully saturated rings. The number of thioether (sulfide) groups is 1. The third-order valence-electron chi connectivity index (χ3n) is 3.08. The van der Waals surface area contributed by atoms with Gasteiger partial charge in [0.15, 0.2) is 0 Å². The van der Waals surface area contributed by atoms with Crippen LogP contribution in [0.5, 0.6) is 0 Å². The lowest BCUT2D eigenvalue weighted by molar-refractivity contribution is 0.439. The van der Waals surface area contributed by atoms with Gasteiger partial charge in [-0.3, -0.25) is 0 Å². The molecule has 0 amide bonds. The van der Waals surface area contributed by atoms with Crippen LogP contribution in [0.4, 0.5) is 0 Å². The highest BCUT2D eigenvalue weighted by Crippen LogP contribution is 2.32. The van der Waals surface area contributed by atoms with E-state index in [0.29, 0.717) is 0 Å². The van der Waals surface area contributed by atoms with Crippen LogP contribution in [0.25, 0.3) is 0 Å². The summed E-state index contributed by atoms with van der Waals surface area (Å²) in [6, 6.07) is 0.788. The van der Waals surface area contributed by atoms with Crippen LogP contribution in [-0.2, 0) is 0 Å². The molecule has 1 N–H and O–H groups in total. The van der Waals surface area contributed by atoms with Gasteiger partial charge in [0, 0.05) is 6.04 Å². The van der Waals surface area contributed by atoms with Crippen LogP contribution in [0.3, 0.4) is 0 Å². The third-order valence-corrected chi connectivity index (χ3v) is 4.31. The first-order chi connectivity index (χ1) is 5.86. The van der Waals surface area contributed by atoms with E-state index in [2.05, 4.69) is 24.0 Å². The van der Waals surface area contributed by atoms with Crippen LogP contribution in [0.15, 0.2) is 0 Å². The minimum absolute atomic E-state index is 0.788. The Morgan fingerprint density at radius 2 is 2.25 bits per heavy atom. The molecular weight excluding hydrogens is 166 g/mol. The molecule has 0 spiro atoms. The predicted molar refractivity (Wildman–Crippen MR) is 55.6 cm³/mol. The van der Waals surface area contributed by atoms with E-state index < -0.39 is 0 Å². The summed E-state index contributed by atoms with van der Waals surface area (Å²) in [6.45, 7) is 3.62. The molecule has 1 nitrogen and oxygen atoms in total. The molecule has 0 aromatic carbocycles. The van der Waals surface area contributed by atoms with Crippen LogP contribution < -0.4 is 5.32 Å². The normalized spacial score (nSPS) is 32.2. The highest BCUT2D eigenvalue weighted by Gasteiger charge is 2.28. The fourth-order valence-electron chi connectivity index (χ4n) is 1.86. The Labute approximate surface area is 79.7 Å². The zero-order valence-corrected chi connectivity index (χ0v) is 8.70. The zero-order valence-electron chi connectivity index (χ0n) is 7.88. The lowest BCUT2D eigenvalue weighted by Crippen LogP contribution is -2.32. The minimum Gasteiger partial charge on any atom is -0.314 e. The van der Waals surface area contributed by atoms with Gasteiger partial charge in [-0.25, -0.2) is 0 Å². The third kappa shape index (κ3) is 2.40. The number of hydrogen-bond donors (Lipinski definition) is 1. The zero-order chi connectivity index (χ0) is 8.39. The summed E-state index contributed by atoms with van der Waals surface area (Å²) in [6.07, 6.45) is 4.37. The van der Waals surface area contributed by atoms with Crippen LogP contribution in [0.2, 0.25) is 0 Å². The Balaban J connectivity index is 1.60. The summed E-state index contributed by atoms with van der Waals surface area (Å²) in [4.78, 5) is 0. The molecule has 0 bridgehead atoms. The topological polar surface area (TPSA) is 12.0 Å². The summed E-state index contributed by atoms with van der Waals surface area (Å²) in [7, 11) is 0. The molecule has 2 aliphatic rings. The monoisotopic (exact) mass is 185 g/mol. The van der Waals surface area contributed by atoms with Crippen molar-refractivity contribution in [1.82, 2.24) is 5.32 Å². The van der Waals surface area contributed by atoms with Crippen LogP contribution in [0.1, 0.15) is 26.2 Å². The lowest BCUT2D eigenvalue weighted by atomic mass is 10.1. The second kappa shape index (κ2) is 4.01. The number of nitrogens with one attached hydrogen (secondary N) is 1. The van der Waals surface area contributed by atoms with Gasteiger partial charge >= 0.3 is 0 Å². The van der Waals surface area contributed by atoms with Crippen molar-refractivity contribution in [2.45, 2.75) is 32.2 Å². The molecule has 2 atom stereocenters. The van der Waals surface area contributed by atoms with E-state index in [0.717, 1.165) is 17.9 Å². The van der Waals surface area contributed by atoms with Crippen molar-refractivity contribution in [2.75, 3.05) is 18.1 Å². The molecule has 12 heavy (non-hydrogen) atoms.